The molecule has 1 aliphatic carbocycles. The summed E-state index contributed by atoms with van der Waals surface area (Å²) >= 11 is 0. The average Bonchev–Trinajstić information content (AvgIpc) is 2.37. The highest BCUT2D eigenvalue weighted by Gasteiger charge is 2.31. The van der Waals surface area contributed by atoms with Gasteiger partial charge in [0.1, 0.15) is 0 Å². The molecule has 1 aromatic heterocycles. The van der Waals surface area contributed by atoms with Crippen LogP contribution in [0.25, 0.3) is 0 Å². The fraction of sp³-hybridized carbons (Fsp3) is 0.714. The number of rotatable bonds is 3. The van der Waals surface area contributed by atoms with Gasteiger partial charge in [0.2, 0.25) is 0 Å². The standard InChI is InChI=1S/C14H24N4/c1-9-4-5-12(6-10(9)2)14(18-15)13-8-16-11(3)7-17-13/h7-10,12,14,18H,4-6,15H2,1-3H3. The van der Waals surface area contributed by atoms with Gasteiger partial charge in [-0.05, 0) is 37.5 Å². The molecule has 1 saturated carbocycles. The largest absolute Gasteiger partial charge is 0.271 e. The van der Waals surface area contributed by atoms with Crippen LogP contribution in [0, 0.1) is 24.7 Å². The number of aromatic nitrogens is 2. The van der Waals surface area contributed by atoms with Gasteiger partial charge >= 0.3 is 0 Å². The van der Waals surface area contributed by atoms with Crippen LogP contribution in [0.1, 0.15) is 50.5 Å². The third-order valence-corrected chi connectivity index (χ3v) is 4.41. The van der Waals surface area contributed by atoms with E-state index in [0.29, 0.717) is 5.92 Å². The first kappa shape index (κ1) is 13.4. The van der Waals surface area contributed by atoms with E-state index in [1.807, 2.05) is 19.3 Å². The van der Waals surface area contributed by atoms with Crippen LogP contribution in [-0.4, -0.2) is 9.97 Å². The molecule has 0 bridgehead atoms. The first-order chi connectivity index (χ1) is 8.61. The number of nitrogens with zero attached hydrogens (tertiary/aromatic N) is 2. The molecule has 4 heteroatoms. The Bertz CT molecular complexity index is 376. The zero-order valence-electron chi connectivity index (χ0n) is 11.6. The molecule has 4 nitrogen and oxygen atoms in total. The Morgan fingerprint density at radius 1 is 1.22 bits per heavy atom. The maximum Gasteiger partial charge on any atom is 0.0772 e. The van der Waals surface area contributed by atoms with Crippen LogP contribution < -0.4 is 11.3 Å². The lowest BCUT2D eigenvalue weighted by Gasteiger charge is -2.36. The summed E-state index contributed by atoms with van der Waals surface area (Å²) in [4.78, 5) is 8.78. The van der Waals surface area contributed by atoms with Gasteiger partial charge in [-0.1, -0.05) is 20.3 Å². The minimum absolute atomic E-state index is 0.132. The van der Waals surface area contributed by atoms with Crippen LogP contribution >= 0.6 is 0 Å². The van der Waals surface area contributed by atoms with Crippen molar-refractivity contribution >= 4 is 0 Å². The molecule has 0 spiro atoms. The summed E-state index contributed by atoms with van der Waals surface area (Å²) < 4.78 is 0. The van der Waals surface area contributed by atoms with Crippen molar-refractivity contribution in [1.29, 1.82) is 0 Å². The lowest BCUT2D eigenvalue weighted by molar-refractivity contribution is 0.169. The lowest BCUT2D eigenvalue weighted by Crippen LogP contribution is -2.37. The second kappa shape index (κ2) is 5.76. The van der Waals surface area contributed by atoms with Crippen molar-refractivity contribution in [3.63, 3.8) is 0 Å². The molecule has 100 valence electrons. The molecule has 0 saturated heterocycles. The monoisotopic (exact) mass is 248 g/mol. The van der Waals surface area contributed by atoms with E-state index in [1.54, 1.807) is 0 Å². The quantitative estimate of drug-likeness (QED) is 0.636. The fourth-order valence-electron chi connectivity index (χ4n) is 2.92. The third kappa shape index (κ3) is 2.87. The van der Waals surface area contributed by atoms with Crippen molar-refractivity contribution in [1.82, 2.24) is 15.4 Å². The van der Waals surface area contributed by atoms with Crippen molar-refractivity contribution in [2.45, 2.75) is 46.1 Å². The Kier molecular flexibility index (Phi) is 4.30. The first-order valence-corrected chi connectivity index (χ1v) is 6.86. The van der Waals surface area contributed by atoms with Gasteiger partial charge in [0.25, 0.3) is 0 Å². The predicted molar refractivity (Wildman–Crippen MR) is 72.5 cm³/mol. The van der Waals surface area contributed by atoms with Crippen LogP contribution in [0.15, 0.2) is 12.4 Å². The van der Waals surface area contributed by atoms with Crippen molar-refractivity contribution < 1.29 is 0 Å². The van der Waals surface area contributed by atoms with Crippen molar-refractivity contribution in [3.8, 4) is 0 Å². The molecule has 3 N–H and O–H groups in total. The van der Waals surface area contributed by atoms with Crippen LogP contribution in [0.5, 0.6) is 0 Å². The van der Waals surface area contributed by atoms with Crippen LogP contribution in [-0.2, 0) is 0 Å². The van der Waals surface area contributed by atoms with E-state index >= 15 is 0 Å². The molecule has 1 heterocycles. The average molecular weight is 248 g/mol. The van der Waals surface area contributed by atoms with E-state index < -0.39 is 0 Å². The van der Waals surface area contributed by atoms with E-state index in [9.17, 15) is 0 Å². The second-order valence-electron chi connectivity index (χ2n) is 5.75. The van der Waals surface area contributed by atoms with Gasteiger partial charge in [-0.25, -0.2) is 0 Å². The predicted octanol–water partition coefficient (Wildman–Crippen LogP) is 2.36. The van der Waals surface area contributed by atoms with Gasteiger partial charge in [-0.15, -0.1) is 0 Å². The van der Waals surface area contributed by atoms with E-state index in [4.69, 9.17) is 5.84 Å². The van der Waals surface area contributed by atoms with Gasteiger partial charge in [-0.2, -0.15) is 0 Å². The van der Waals surface area contributed by atoms with Crippen molar-refractivity contribution in [2.24, 2.45) is 23.6 Å². The molecule has 0 aromatic carbocycles. The topological polar surface area (TPSA) is 63.8 Å². The minimum atomic E-state index is 0.132. The highest BCUT2D eigenvalue weighted by Crippen LogP contribution is 2.38. The Hall–Kier alpha value is -1.00. The van der Waals surface area contributed by atoms with E-state index in [1.165, 1.54) is 19.3 Å². The Labute approximate surface area is 109 Å². The zero-order chi connectivity index (χ0) is 13.1. The molecular formula is C14H24N4. The third-order valence-electron chi connectivity index (χ3n) is 4.41. The Balaban J connectivity index is 2.11. The van der Waals surface area contributed by atoms with Gasteiger partial charge in [0.15, 0.2) is 0 Å². The number of nitrogens with two attached hydrogens (primary N) is 1. The summed E-state index contributed by atoms with van der Waals surface area (Å²) in [6.07, 6.45) is 7.38. The molecule has 18 heavy (non-hydrogen) atoms. The minimum Gasteiger partial charge on any atom is -0.271 e. The molecular weight excluding hydrogens is 224 g/mol. The van der Waals surface area contributed by atoms with E-state index in [0.717, 1.165) is 23.2 Å². The number of hydrogen-bond acceptors (Lipinski definition) is 4. The molecule has 2 rings (SSSR count). The summed E-state index contributed by atoms with van der Waals surface area (Å²) in [6.45, 7) is 6.63. The fourth-order valence-corrected chi connectivity index (χ4v) is 2.92. The SMILES string of the molecule is Cc1cnc(C(NN)C2CCC(C)C(C)C2)cn1. The first-order valence-electron chi connectivity index (χ1n) is 6.86. The summed E-state index contributed by atoms with van der Waals surface area (Å²) in [5.41, 5.74) is 4.85. The summed E-state index contributed by atoms with van der Waals surface area (Å²) in [5, 5.41) is 0. The highest BCUT2D eigenvalue weighted by atomic mass is 15.2. The van der Waals surface area contributed by atoms with Crippen molar-refractivity contribution in [2.75, 3.05) is 0 Å². The maximum atomic E-state index is 5.74. The van der Waals surface area contributed by atoms with Crippen molar-refractivity contribution in [3.05, 3.63) is 23.8 Å². The highest BCUT2D eigenvalue weighted by molar-refractivity contribution is 5.07. The Morgan fingerprint density at radius 2 is 2.00 bits per heavy atom. The number of hydrogen-bond donors (Lipinski definition) is 2. The van der Waals surface area contributed by atoms with E-state index in [-0.39, 0.29) is 6.04 Å². The second-order valence-corrected chi connectivity index (χ2v) is 5.75. The molecule has 0 amide bonds. The molecule has 1 fully saturated rings. The van der Waals surface area contributed by atoms with Gasteiger partial charge in [0, 0.05) is 6.20 Å². The number of nitrogens with one attached hydrogen (secondary N) is 1. The number of hydrazine groups is 1. The molecule has 0 aliphatic heterocycles. The normalized spacial score (nSPS) is 30.1. The molecule has 4 unspecified atom stereocenters. The van der Waals surface area contributed by atoms with Gasteiger partial charge < -0.3 is 0 Å². The Morgan fingerprint density at radius 3 is 2.56 bits per heavy atom. The van der Waals surface area contributed by atoms with Crippen LogP contribution in [0.2, 0.25) is 0 Å². The maximum absolute atomic E-state index is 5.74. The molecule has 1 aromatic rings. The smallest absolute Gasteiger partial charge is 0.0772 e. The zero-order valence-corrected chi connectivity index (χ0v) is 11.6. The lowest BCUT2D eigenvalue weighted by atomic mass is 9.73. The van der Waals surface area contributed by atoms with Crippen LogP contribution in [0.4, 0.5) is 0 Å². The molecule has 1 aliphatic rings. The van der Waals surface area contributed by atoms with Crippen LogP contribution in [0.3, 0.4) is 0 Å². The molecule has 0 radical (unpaired) electrons. The summed E-state index contributed by atoms with van der Waals surface area (Å²) in [5.74, 6) is 7.89. The van der Waals surface area contributed by atoms with E-state index in [2.05, 4.69) is 29.2 Å². The van der Waals surface area contributed by atoms with Gasteiger partial charge in [-0.3, -0.25) is 21.2 Å². The number of aryl methyl sites for hydroxylation is 1. The summed E-state index contributed by atoms with van der Waals surface area (Å²) in [7, 11) is 0. The summed E-state index contributed by atoms with van der Waals surface area (Å²) in [6, 6.07) is 0.132. The molecule has 4 atom stereocenters. The van der Waals surface area contributed by atoms with Gasteiger partial charge in [0.05, 0.1) is 23.6 Å².